The fraction of sp³-hybridized carbons (Fsp3) is 0.0769. The van der Waals surface area contributed by atoms with Crippen LogP contribution in [-0.4, -0.2) is 13.3 Å². The average molecular weight is 371 g/mol. The summed E-state index contributed by atoms with van der Waals surface area (Å²) in [6.45, 7) is 0. The number of nitrogen functional groups attached to an aromatic ring is 1. The Balaban J connectivity index is 2.40. The molecule has 2 rings (SSSR count). The number of hydrogen-bond donors (Lipinski definition) is 1. The van der Waals surface area contributed by atoms with Crippen LogP contribution in [-0.2, 0) is 15.6 Å². The van der Waals surface area contributed by atoms with E-state index in [1.165, 1.54) is 36.4 Å². The summed E-state index contributed by atoms with van der Waals surface area (Å²) in [5.41, 5.74) is 6.03. The van der Waals surface area contributed by atoms with E-state index in [-0.39, 0.29) is 22.0 Å². The number of sulfone groups is 1. The van der Waals surface area contributed by atoms with Gasteiger partial charge in [0.1, 0.15) is 0 Å². The van der Waals surface area contributed by atoms with E-state index in [2.05, 4.69) is 15.9 Å². The average Bonchev–Trinajstić information content (AvgIpc) is 2.41. The second kappa shape index (κ2) is 5.82. The fourth-order valence-electron chi connectivity index (χ4n) is 1.83. The van der Waals surface area contributed by atoms with Gasteiger partial charge < -0.3 is 5.73 Å². The number of halogens is 1. The molecular weight excluding hydrogens is 360 g/mol. The maximum absolute atomic E-state index is 12.4. The Hall–Kier alpha value is -1.93. The highest BCUT2D eigenvalue weighted by molar-refractivity contribution is 9.10. The molecule has 0 heterocycles. The third-order valence-electron chi connectivity index (χ3n) is 2.79. The van der Waals surface area contributed by atoms with Crippen LogP contribution in [0.3, 0.4) is 0 Å². The molecule has 21 heavy (non-hydrogen) atoms. The normalized spacial score (nSPS) is 11.3. The van der Waals surface area contributed by atoms with E-state index in [0.29, 0.717) is 10.0 Å². The molecule has 0 aliphatic carbocycles. The van der Waals surface area contributed by atoms with Gasteiger partial charge >= 0.3 is 0 Å². The summed E-state index contributed by atoms with van der Waals surface area (Å²) in [6.07, 6.45) is 0. The van der Waals surface area contributed by atoms with E-state index in [0.717, 1.165) is 0 Å². The molecule has 6 nitrogen and oxygen atoms in total. The number of hydrogen-bond acceptors (Lipinski definition) is 5. The van der Waals surface area contributed by atoms with E-state index in [9.17, 15) is 18.5 Å². The van der Waals surface area contributed by atoms with Gasteiger partial charge in [0.25, 0.3) is 5.69 Å². The molecule has 0 aromatic heterocycles. The summed E-state index contributed by atoms with van der Waals surface area (Å²) >= 11 is 3.20. The van der Waals surface area contributed by atoms with Gasteiger partial charge in [-0.05, 0) is 23.8 Å². The molecule has 0 saturated carbocycles. The molecule has 8 heteroatoms. The first-order chi connectivity index (χ1) is 9.79. The predicted molar refractivity (Wildman–Crippen MR) is 82.5 cm³/mol. The third kappa shape index (κ3) is 3.59. The Morgan fingerprint density at radius 2 is 1.90 bits per heavy atom. The number of rotatable bonds is 4. The number of non-ortho nitro benzene ring substituents is 1. The molecule has 110 valence electrons. The number of anilines is 1. The van der Waals surface area contributed by atoms with E-state index < -0.39 is 14.8 Å². The molecule has 0 saturated heterocycles. The van der Waals surface area contributed by atoms with Crippen LogP contribution < -0.4 is 5.73 Å². The van der Waals surface area contributed by atoms with Crippen molar-refractivity contribution < 1.29 is 13.3 Å². The highest BCUT2D eigenvalue weighted by Crippen LogP contribution is 2.26. The maximum atomic E-state index is 12.4. The van der Waals surface area contributed by atoms with Crippen LogP contribution in [0.2, 0.25) is 0 Å². The van der Waals surface area contributed by atoms with Crippen molar-refractivity contribution in [2.75, 3.05) is 5.73 Å². The topological polar surface area (TPSA) is 103 Å². The molecule has 0 fully saturated rings. The van der Waals surface area contributed by atoms with E-state index in [4.69, 9.17) is 5.73 Å². The third-order valence-corrected chi connectivity index (χ3v) is 5.02. The van der Waals surface area contributed by atoms with Crippen molar-refractivity contribution >= 4 is 37.1 Å². The molecule has 0 bridgehead atoms. The molecule has 2 aromatic carbocycles. The molecular formula is C13H11BrN2O4S. The standard InChI is InChI=1S/C13H11BrN2O4S/c14-10-4-5-12(15)13(7-10)21(19,20)8-9-2-1-3-11(6-9)16(17)18/h1-7H,8,15H2. The summed E-state index contributed by atoms with van der Waals surface area (Å²) in [5, 5.41) is 10.7. The zero-order chi connectivity index (χ0) is 15.6. The first kappa shape index (κ1) is 15.5. The zero-order valence-electron chi connectivity index (χ0n) is 10.7. The fourth-order valence-corrected chi connectivity index (χ4v) is 3.85. The number of benzene rings is 2. The van der Waals surface area contributed by atoms with Crippen LogP contribution in [0, 0.1) is 10.1 Å². The Bertz CT molecular complexity index is 806. The molecule has 0 unspecified atom stereocenters. The maximum Gasteiger partial charge on any atom is 0.269 e. The first-order valence-electron chi connectivity index (χ1n) is 5.81. The molecule has 0 amide bonds. The lowest BCUT2D eigenvalue weighted by molar-refractivity contribution is -0.384. The Morgan fingerprint density at radius 3 is 2.57 bits per heavy atom. The molecule has 2 N–H and O–H groups in total. The summed E-state index contributed by atoms with van der Waals surface area (Å²) in [4.78, 5) is 10.2. The molecule has 0 radical (unpaired) electrons. The van der Waals surface area contributed by atoms with Crippen molar-refractivity contribution in [3.63, 3.8) is 0 Å². The number of nitrogens with zero attached hydrogens (tertiary/aromatic N) is 1. The van der Waals surface area contributed by atoms with Gasteiger partial charge in [-0.2, -0.15) is 0 Å². The lowest BCUT2D eigenvalue weighted by Gasteiger charge is -2.08. The van der Waals surface area contributed by atoms with Gasteiger partial charge in [-0.1, -0.05) is 28.1 Å². The lowest BCUT2D eigenvalue weighted by Crippen LogP contribution is -2.08. The zero-order valence-corrected chi connectivity index (χ0v) is 13.1. The van der Waals surface area contributed by atoms with Crippen molar-refractivity contribution in [1.29, 1.82) is 0 Å². The van der Waals surface area contributed by atoms with Gasteiger partial charge in [0.15, 0.2) is 9.84 Å². The van der Waals surface area contributed by atoms with Gasteiger partial charge in [-0.3, -0.25) is 10.1 Å². The van der Waals surface area contributed by atoms with Gasteiger partial charge in [0.05, 0.1) is 21.3 Å². The second-order valence-electron chi connectivity index (χ2n) is 4.37. The van der Waals surface area contributed by atoms with Crippen LogP contribution in [0.5, 0.6) is 0 Å². The summed E-state index contributed by atoms with van der Waals surface area (Å²) in [7, 11) is -3.69. The quantitative estimate of drug-likeness (QED) is 0.506. The van der Waals surface area contributed by atoms with Crippen molar-refractivity contribution in [3.8, 4) is 0 Å². The lowest BCUT2D eigenvalue weighted by atomic mass is 10.2. The summed E-state index contributed by atoms with van der Waals surface area (Å²) in [6, 6.07) is 10.1. The van der Waals surface area contributed by atoms with Crippen molar-refractivity contribution in [1.82, 2.24) is 0 Å². The Labute approximate surface area is 129 Å². The predicted octanol–water partition coefficient (Wildman–Crippen LogP) is 2.91. The highest BCUT2D eigenvalue weighted by atomic mass is 79.9. The largest absolute Gasteiger partial charge is 0.398 e. The minimum Gasteiger partial charge on any atom is -0.398 e. The molecule has 2 aromatic rings. The van der Waals surface area contributed by atoms with Crippen LogP contribution in [0.4, 0.5) is 11.4 Å². The highest BCUT2D eigenvalue weighted by Gasteiger charge is 2.20. The second-order valence-corrected chi connectivity index (χ2v) is 7.24. The van der Waals surface area contributed by atoms with E-state index in [1.807, 2.05) is 0 Å². The van der Waals surface area contributed by atoms with Crippen LogP contribution in [0.25, 0.3) is 0 Å². The SMILES string of the molecule is Nc1ccc(Br)cc1S(=O)(=O)Cc1cccc([N+](=O)[O-])c1. The molecule has 0 atom stereocenters. The van der Waals surface area contributed by atoms with Gasteiger partial charge in [-0.15, -0.1) is 0 Å². The summed E-state index contributed by atoms with van der Waals surface area (Å²) < 4.78 is 25.4. The van der Waals surface area contributed by atoms with Crippen molar-refractivity contribution in [2.24, 2.45) is 0 Å². The number of nitro groups is 1. The van der Waals surface area contributed by atoms with E-state index in [1.54, 1.807) is 6.07 Å². The van der Waals surface area contributed by atoms with Crippen molar-refractivity contribution in [3.05, 3.63) is 62.6 Å². The van der Waals surface area contributed by atoms with Gasteiger partial charge in [0, 0.05) is 16.6 Å². The van der Waals surface area contributed by atoms with Gasteiger partial charge in [0.2, 0.25) is 0 Å². The molecule has 0 aliphatic heterocycles. The number of nitrogens with two attached hydrogens (primary N) is 1. The Kier molecular flexibility index (Phi) is 4.29. The smallest absolute Gasteiger partial charge is 0.269 e. The van der Waals surface area contributed by atoms with Crippen LogP contribution in [0.15, 0.2) is 51.8 Å². The minimum atomic E-state index is -3.69. The van der Waals surface area contributed by atoms with Crippen molar-refractivity contribution in [2.45, 2.75) is 10.6 Å². The Morgan fingerprint density at radius 1 is 1.19 bits per heavy atom. The monoisotopic (exact) mass is 370 g/mol. The number of nitro benzene ring substituents is 1. The molecule has 0 aliphatic rings. The first-order valence-corrected chi connectivity index (χ1v) is 8.25. The molecule has 0 spiro atoms. The minimum absolute atomic E-state index is 0.00313. The van der Waals surface area contributed by atoms with Gasteiger partial charge in [-0.25, -0.2) is 8.42 Å². The van der Waals surface area contributed by atoms with E-state index >= 15 is 0 Å². The summed E-state index contributed by atoms with van der Waals surface area (Å²) in [5.74, 6) is -0.352. The van der Waals surface area contributed by atoms with Crippen LogP contribution >= 0.6 is 15.9 Å². The van der Waals surface area contributed by atoms with Crippen LogP contribution in [0.1, 0.15) is 5.56 Å².